The first kappa shape index (κ1) is 14.7. The third kappa shape index (κ3) is 2.28. The Morgan fingerprint density at radius 1 is 1.27 bits per heavy atom. The van der Waals surface area contributed by atoms with Crippen molar-refractivity contribution < 1.29 is 27.9 Å². The second kappa shape index (κ2) is 4.89. The van der Waals surface area contributed by atoms with Gasteiger partial charge in [-0.2, -0.15) is 13.2 Å². The molecule has 3 rings (SSSR count). The number of fused-ring (bicyclic) bond motifs is 3. The Hall–Kier alpha value is -2.25. The van der Waals surface area contributed by atoms with Gasteiger partial charge in [-0.1, -0.05) is 18.2 Å². The second-order valence-corrected chi connectivity index (χ2v) is 5.49. The highest BCUT2D eigenvalue weighted by molar-refractivity contribution is 5.87. The molecule has 0 aliphatic carbocycles. The number of piperidine rings is 1. The molecule has 1 aromatic carbocycles. The second-order valence-electron chi connectivity index (χ2n) is 5.49. The van der Waals surface area contributed by atoms with E-state index in [0.717, 1.165) is 11.3 Å². The smallest absolute Gasteiger partial charge is 0.471 e. The van der Waals surface area contributed by atoms with Gasteiger partial charge in [0.2, 0.25) is 0 Å². The Balaban J connectivity index is 1.91. The minimum atomic E-state index is -5.08. The number of amides is 1. The van der Waals surface area contributed by atoms with Crippen molar-refractivity contribution in [3.05, 3.63) is 29.8 Å². The van der Waals surface area contributed by atoms with Crippen LogP contribution in [-0.4, -0.2) is 46.7 Å². The number of rotatable bonds is 1. The lowest BCUT2D eigenvalue weighted by molar-refractivity contribution is -0.191. The molecule has 2 unspecified atom stereocenters. The fourth-order valence-electron chi connectivity index (χ4n) is 3.26. The van der Waals surface area contributed by atoms with Crippen LogP contribution in [0.3, 0.4) is 0 Å². The van der Waals surface area contributed by atoms with Crippen molar-refractivity contribution in [2.45, 2.75) is 30.6 Å². The highest BCUT2D eigenvalue weighted by atomic mass is 19.4. The lowest BCUT2D eigenvalue weighted by Gasteiger charge is -2.39. The molecule has 0 radical (unpaired) electrons. The van der Waals surface area contributed by atoms with Gasteiger partial charge in [0.25, 0.3) is 0 Å². The molecule has 0 aromatic heterocycles. The summed E-state index contributed by atoms with van der Waals surface area (Å²) in [6.45, 7) is -0.283. The number of benzene rings is 1. The molecule has 2 aliphatic rings. The summed E-state index contributed by atoms with van der Waals surface area (Å²) < 4.78 is 38.0. The van der Waals surface area contributed by atoms with Gasteiger partial charge in [0.1, 0.15) is 6.04 Å². The van der Waals surface area contributed by atoms with Crippen LogP contribution in [0.1, 0.15) is 17.9 Å². The van der Waals surface area contributed by atoms with Crippen molar-refractivity contribution in [1.82, 2.24) is 4.90 Å². The molecular weight excluding hydrogens is 301 g/mol. The van der Waals surface area contributed by atoms with Crippen molar-refractivity contribution in [3.8, 4) is 0 Å². The number of hydrogen-bond acceptors (Lipinski definition) is 3. The summed E-state index contributed by atoms with van der Waals surface area (Å²) in [5, 5.41) is 12.3. The van der Waals surface area contributed by atoms with Gasteiger partial charge in [-0.25, -0.2) is 4.79 Å². The summed E-state index contributed by atoms with van der Waals surface area (Å²) in [6.07, 6.45) is -5.11. The molecular formula is C14H13F3N2O3. The third-order valence-corrected chi connectivity index (χ3v) is 4.22. The number of carboxylic acids is 1. The summed E-state index contributed by atoms with van der Waals surface area (Å²) in [5.41, 5.74) is 1.67. The number of halogens is 3. The maximum atomic E-state index is 12.7. The summed E-state index contributed by atoms with van der Waals surface area (Å²) >= 11 is 0. The van der Waals surface area contributed by atoms with Crippen molar-refractivity contribution >= 4 is 17.6 Å². The average molecular weight is 314 g/mol. The SMILES string of the molecule is O=C(O)[C@H]1CC2c3ccccc3NC2CN1C(=O)C(F)(F)F. The summed E-state index contributed by atoms with van der Waals surface area (Å²) in [6, 6.07) is 5.33. The Morgan fingerprint density at radius 3 is 2.59 bits per heavy atom. The first-order valence-electron chi connectivity index (χ1n) is 6.75. The van der Waals surface area contributed by atoms with Crippen molar-refractivity contribution in [2.75, 3.05) is 11.9 Å². The predicted molar refractivity (Wildman–Crippen MR) is 70.4 cm³/mol. The molecule has 0 saturated carbocycles. The molecule has 8 heteroatoms. The van der Waals surface area contributed by atoms with Gasteiger partial charge in [0.05, 0.1) is 6.04 Å². The number of para-hydroxylation sites is 1. The van der Waals surface area contributed by atoms with E-state index < -0.39 is 30.1 Å². The molecule has 3 atom stereocenters. The number of hydrogen-bond donors (Lipinski definition) is 2. The highest BCUT2D eigenvalue weighted by Crippen LogP contribution is 2.43. The van der Waals surface area contributed by atoms with Crippen LogP contribution >= 0.6 is 0 Å². The van der Waals surface area contributed by atoms with Gasteiger partial charge < -0.3 is 15.3 Å². The molecule has 1 amide bonds. The molecule has 0 spiro atoms. The van der Waals surface area contributed by atoms with Crippen LogP contribution in [0.25, 0.3) is 0 Å². The van der Waals surface area contributed by atoms with Crippen LogP contribution in [0.15, 0.2) is 24.3 Å². The number of carbonyl (C=O) groups excluding carboxylic acids is 1. The van der Waals surface area contributed by atoms with Gasteiger partial charge >= 0.3 is 18.1 Å². The predicted octanol–water partition coefficient (Wildman–Crippen LogP) is 1.81. The number of carboxylic acid groups (broad SMARTS) is 1. The molecule has 1 saturated heterocycles. The Labute approximate surface area is 123 Å². The number of aliphatic carboxylic acids is 1. The lowest BCUT2D eigenvalue weighted by atomic mass is 9.84. The zero-order chi connectivity index (χ0) is 16.1. The molecule has 1 aromatic rings. The van der Waals surface area contributed by atoms with E-state index in [4.69, 9.17) is 0 Å². The highest BCUT2D eigenvalue weighted by Gasteiger charge is 2.51. The third-order valence-electron chi connectivity index (χ3n) is 4.22. The summed E-state index contributed by atoms with van der Waals surface area (Å²) in [7, 11) is 0. The van der Waals surface area contributed by atoms with Crippen LogP contribution in [0, 0.1) is 0 Å². The summed E-state index contributed by atoms with van der Waals surface area (Å²) in [4.78, 5) is 23.2. The number of alkyl halides is 3. The Bertz CT molecular complexity index is 632. The molecule has 5 nitrogen and oxygen atoms in total. The van der Waals surface area contributed by atoms with Gasteiger partial charge in [-0.05, 0) is 18.1 Å². The number of anilines is 1. The van der Waals surface area contributed by atoms with E-state index in [-0.39, 0.29) is 18.9 Å². The van der Waals surface area contributed by atoms with E-state index in [0.29, 0.717) is 4.90 Å². The summed E-state index contributed by atoms with van der Waals surface area (Å²) in [5.74, 6) is -3.73. The van der Waals surface area contributed by atoms with Gasteiger partial charge in [-0.15, -0.1) is 0 Å². The molecule has 118 valence electrons. The van der Waals surface area contributed by atoms with Gasteiger partial charge in [0.15, 0.2) is 0 Å². The van der Waals surface area contributed by atoms with Gasteiger partial charge in [0, 0.05) is 18.2 Å². The van der Waals surface area contributed by atoms with Crippen LogP contribution in [-0.2, 0) is 9.59 Å². The minimum Gasteiger partial charge on any atom is -0.480 e. The maximum Gasteiger partial charge on any atom is 0.471 e. The first-order chi connectivity index (χ1) is 10.3. The average Bonchev–Trinajstić information content (AvgIpc) is 2.81. The number of nitrogens with one attached hydrogen (secondary N) is 1. The molecule has 2 heterocycles. The molecule has 1 fully saturated rings. The minimum absolute atomic E-state index is 0.0359. The van der Waals surface area contributed by atoms with Crippen LogP contribution in [0.5, 0.6) is 0 Å². The molecule has 22 heavy (non-hydrogen) atoms. The van der Waals surface area contributed by atoms with E-state index in [2.05, 4.69) is 5.32 Å². The fourth-order valence-corrected chi connectivity index (χ4v) is 3.26. The van der Waals surface area contributed by atoms with E-state index in [1.54, 1.807) is 18.2 Å². The molecule has 2 aliphatic heterocycles. The van der Waals surface area contributed by atoms with Crippen molar-refractivity contribution in [3.63, 3.8) is 0 Å². The number of carbonyl (C=O) groups is 2. The Morgan fingerprint density at radius 2 is 1.95 bits per heavy atom. The van der Waals surface area contributed by atoms with Crippen LogP contribution < -0.4 is 5.32 Å². The zero-order valence-electron chi connectivity index (χ0n) is 11.3. The Kier molecular flexibility index (Phi) is 3.26. The largest absolute Gasteiger partial charge is 0.480 e. The van der Waals surface area contributed by atoms with E-state index in [1.807, 2.05) is 6.07 Å². The monoisotopic (exact) mass is 314 g/mol. The van der Waals surface area contributed by atoms with Crippen molar-refractivity contribution in [1.29, 1.82) is 0 Å². The maximum absolute atomic E-state index is 12.7. The quantitative estimate of drug-likeness (QED) is 0.829. The van der Waals surface area contributed by atoms with Gasteiger partial charge in [-0.3, -0.25) is 4.79 Å². The van der Waals surface area contributed by atoms with Crippen molar-refractivity contribution in [2.24, 2.45) is 0 Å². The standard InChI is InChI=1S/C14H13F3N2O3/c15-14(16,17)13(22)19-6-10-8(5-11(19)12(20)21)7-3-1-2-4-9(7)18-10/h1-4,8,10-11,18H,5-6H2,(H,20,21)/t8?,10?,11-/m1/s1. The van der Waals surface area contributed by atoms with E-state index in [9.17, 15) is 27.9 Å². The number of nitrogens with zero attached hydrogens (tertiary/aromatic N) is 1. The zero-order valence-corrected chi connectivity index (χ0v) is 11.3. The van der Waals surface area contributed by atoms with E-state index in [1.165, 1.54) is 0 Å². The first-order valence-corrected chi connectivity index (χ1v) is 6.75. The number of likely N-dealkylation sites (tertiary alicyclic amines) is 1. The lowest BCUT2D eigenvalue weighted by Crippen LogP contribution is -2.58. The topological polar surface area (TPSA) is 69.6 Å². The molecule has 0 bridgehead atoms. The fraction of sp³-hybridized carbons (Fsp3) is 0.429. The van der Waals surface area contributed by atoms with E-state index >= 15 is 0 Å². The molecule has 2 N–H and O–H groups in total. The normalized spacial score (nSPS) is 26.9. The van der Waals surface area contributed by atoms with Crippen LogP contribution in [0.4, 0.5) is 18.9 Å². The van der Waals surface area contributed by atoms with Crippen LogP contribution in [0.2, 0.25) is 0 Å².